The lowest BCUT2D eigenvalue weighted by atomic mass is 9.91. The fourth-order valence-electron chi connectivity index (χ4n) is 2.32. The monoisotopic (exact) mass is 228 g/mol. The summed E-state index contributed by atoms with van der Waals surface area (Å²) in [6.07, 6.45) is 2.53. The minimum absolute atomic E-state index is 0.302. The Kier molecular flexibility index (Phi) is 4.77. The van der Waals surface area contributed by atoms with Gasteiger partial charge in [0.25, 0.3) is 0 Å². The van der Waals surface area contributed by atoms with Gasteiger partial charge in [0.2, 0.25) is 0 Å². The molecule has 0 saturated carbocycles. The van der Waals surface area contributed by atoms with Crippen LogP contribution in [0, 0.1) is 5.92 Å². The predicted molar refractivity (Wildman–Crippen MR) is 68.6 cm³/mol. The number of rotatable bonds is 4. The van der Waals surface area contributed by atoms with Crippen LogP contribution in [0.15, 0.2) is 0 Å². The van der Waals surface area contributed by atoms with E-state index in [1.807, 2.05) is 6.92 Å². The van der Waals surface area contributed by atoms with Crippen molar-refractivity contribution in [3.8, 4) is 0 Å². The molecule has 1 saturated heterocycles. The first-order valence-corrected chi connectivity index (χ1v) is 6.44. The molecule has 1 fully saturated rings. The number of hydrogen-bond donors (Lipinski definition) is 1. The highest BCUT2D eigenvalue weighted by Gasteiger charge is 2.30. The number of hydrogen-bond acceptors (Lipinski definition) is 3. The van der Waals surface area contributed by atoms with Crippen molar-refractivity contribution in [1.82, 2.24) is 9.80 Å². The predicted octanol–water partition coefficient (Wildman–Crippen LogP) is 1.42. The van der Waals surface area contributed by atoms with Crippen LogP contribution < -0.4 is 0 Å². The average Bonchev–Trinajstić information content (AvgIpc) is 2.16. The summed E-state index contributed by atoms with van der Waals surface area (Å²) < 4.78 is 0. The molecule has 0 radical (unpaired) electrons. The highest BCUT2D eigenvalue weighted by molar-refractivity contribution is 4.85. The zero-order valence-corrected chi connectivity index (χ0v) is 11.5. The molecule has 1 aliphatic rings. The van der Waals surface area contributed by atoms with Gasteiger partial charge < -0.3 is 10.0 Å². The van der Waals surface area contributed by atoms with Crippen molar-refractivity contribution >= 4 is 0 Å². The van der Waals surface area contributed by atoms with Crippen molar-refractivity contribution in [2.24, 2.45) is 5.92 Å². The number of likely N-dealkylation sites (tertiary alicyclic amines) is 1. The number of aliphatic hydroxyl groups is 1. The van der Waals surface area contributed by atoms with Crippen LogP contribution in [0.5, 0.6) is 0 Å². The Morgan fingerprint density at radius 3 is 2.62 bits per heavy atom. The summed E-state index contributed by atoms with van der Waals surface area (Å²) in [6.45, 7) is 9.22. The van der Waals surface area contributed by atoms with Crippen LogP contribution >= 0.6 is 0 Å². The first-order valence-electron chi connectivity index (χ1n) is 6.44. The molecule has 16 heavy (non-hydrogen) atoms. The van der Waals surface area contributed by atoms with Crippen LogP contribution in [0.3, 0.4) is 0 Å². The molecular formula is C13H28N2O. The molecule has 3 heteroatoms. The Hall–Kier alpha value is -0.120. The molecule has 1 rings (SSSR count). The smallest absolute Gasteiger partial charge is 0.0768 e. The molecule has 0 amide bonds. The van der Waals surface area contributed by atoms with Gasteiger partial charge in [-0.3, -0.25) is 4.90 Å². The summed E-state index contributed by atoms with van der Waals surface area (Å²) in [5.74, 6) is 0.302. The lowest BCUT2D eigenvalue weighted by Crippen LogP contribution is -2.51. The van der Waals surface area contributed by atoms with Crippen molar-refractivity contribution in [3.05, 3.63) is 0 Å². The Balaban J connectivity index is 2.48. The second-order valence-corrected chi connectivity index (χ2v) is 5.99. The summed E-state index contributed by atoms with van der Waals surface area (Å²) in [6, 6.07) is 0.601. The van der Waals surface area contributed by atoms with Crippen molar-refractivity contribution in [2.45, 2.75) is 45.3 Å². The van der Waals surface area contributed by atoms with E-state index in [1.54, 1.807) is 0 Å². The molecule has 0 aromatic heterocycles. The number of piperidine rings is 1. The van der Waals surface area contributed by atoms with Gasteiger partial charge in [0.15, 0.2) is 0 Å². The van der Waals surface area contributed by atoms with Crippen LogP contribution in [0.25, 0.3) is 0 Å². The van der Waals surface area contributed by atoms with Crippen molar-refractivity contribution in [2.75, 3.05) is 33.7 Å². The zero-order chi connectivity index (χ0) is 12.3. The molecule has 0 aromatic carbocycles. The number of likely N-dealkylation sites (N-methyl/N-ethyl adjacent to an activating group) is 2. The third kappa shape index (κ3) is 3.72. The van der Waals surface area contributed by atoms with Crippen LogP contribution in [-0.2, 0) is 0 Å². The van der Waals surface area contributed by atoms with E-state index >= 15 is 0 Å². The summed E-state index contributed by atoms with van der Waals surface area (Å²) in [5, 5.41) is 10.3. The molecular weight excluding hydrogens is 200 g/mol. The molecule has 0 aromatic rings. The van der Waals surface area contributed by atoms with Crippen LogP contribution in [0.4, 0.5) is 0 Å². The van der Waals surface area contributed by atoms with Gasteiger partial charge in [-0.05, 0) is 46.3 Å². The van der Waals surface area contributed by atoms with Gasteiger partial charge in [0.1, 0.15) is 0 Å². The summed E-state index contributed by atoms with van der Waals surface area (Å²) in [5.41, 5.74) is -0.579. The van der Waals surface area contributed by atoms with Crippen molar-refractivity contribution < 1.29 is 5.11 Å². The molecule has 0 aliphatic carbocycles. The largest absolute Gasteiger partial charge is 0.389 e. The third-order valence-electron chi connectivity index (χ3n) is 4.04. The lowest BCUT2D eigenvalue weighted by Gasteiger charge is -2.40. The topological polar surface area (TPSA) is 26.7 Å². The lowest BCUT2D eigenvalue weighted by molar-refractivity contribution is -0.0285. The summed E-state index contributed by atoms with van der Waals surface area (Å²) in [7, 11) is 4.32. The molecule has 2 unspecified atom stereocenters. The Morgan fingerprint density at radius 1 is 1.50 bits per heavy atom. The maximum Gasteiger partial charge on any atom is 0.0768 e. The Labute approximate surface area is 100 Å². The maximum atomic E-state index is 10.3. The van der Waals surface area contributed by atoms with Gasteiger partial charge in [0.05, 0.1) is 5.60 Å². The molecule has 0 bridgehead atoms. The van der Waals surface area contributed by atoms with Crippen LogP contribution in [-0.4, -0.2) is 60.3 Å². The summed E-state index contributed by atoms with van der Waals surface area (Å²) in [4.78, 5) is 4.71. The van der Waals surface area contributed by atoms with Crippen LogP contribution in [0.1, 0.15) is 33.6 Å². The highest BCUT2D eigenvalue weighted by atomic mass is 16.3. The van der Waals surface area contributed by atoms with Gasteiger partial charge in [-0.15, -0.1) is 0 Å². The number of nitrogens with zero attached hydrogens (tertiary/aromatic N) is 2. The standard InChI is InChI=1S/C13H28N2O/c1-11(2)13(3,16)10-15(5)12-7-6-8-14(4)9-12/h11-12,16H,6-10H2,1-5H3. The van der Waals surface area contributed by atoms with E-state index in [2.05, 4.69) is 37.7 Å². The van der Waals surface area contributed by atoms with Crippen molar-refractivity contribution in [3.63, 3.8) is 0 Å². The minimum atomic E-state index is -0.579. The maximum absolute atomic E-state index is 10.3. The molecule has 1 N–H and O–H groups in total. The SMILES string of the molecule is CC(C)C(C)(O)CN(C)C1CCCN(C)C1. The normalized spacial score (nSPS) is 27.4. The van der Waals surface area contributed by atoms with E-state index in [-0.39, 0.29) is 0 Å². The molecule has 1 aliphatic heterocycles. The first kappa shape index (κ1) is 13.9. The second-order valence-electron chi connectivity index (χ2n) is 5.99. The van der Waals surface area contributed by atoms with E-state index in [4.69, 9.17) is 0 Å². The van der Waals surface area contributed by atoms with Gasteiger partial charge in [-0.25, -0.2) is 0 Å². The molecule has 1 heterocycles. The Morgan fingerprint density at radius 2 is 2.12 bits per heavy atom. The third-order valence-corrected chi connectivity index (χ3v) is 4.04. The van der Waals surface area contributed by atoms with E-state index in [0.29, 0.717) is 12.0 Å². The summed E-state index contributed by atoms with van der Waals surface area (Å²) >= 11 is 0. The van der Waals surface area contributed by atoms with Gasteiger partial charge >= 0.3 is 0 Å². The van der Waals surface area contributed by atoms with Gasteiger partial charge in [-0.1, -0.05) is 13.8 Å². The van der Waals surface area contributed by atoms with Gasteiger partial charge in [-0.2, -0.15) is 0 Å². The fraction of sp³-hybridized carbons (Fsp3) is 1.00. The van der Waals surface area contributed by atoms with Crippen molar-refractivity contribution in [1.29, 1.82) is 0 Å². The fourth-order valence-corrected chi connectivity index (χ4v) is 2.32. The first-order chi connectivity index (χ1) is 7.33. The van der Waals surface area contributed by atoms with E-state index in [0.717, 1.165) is 13.1 Å². The van der Waals surface area contributed by atoms with E-state index in [1.165, 1.54) is 19.4 Å². The molecule has 96 valence electrons. The Bertz CT molecular complexity index is 216. The van der Waals surface area contributed by atoms with E-state index < -0.39 is 5.60 Å². The van der Waals surface area contributed by atoms with Gasteiger partial charge in [0, 0.05) is 19.1 Å². The van der Waals surface area contributed by atoms with E-state index in [9.17, 15) is 5.11 Å². The zero-order valence-electron chi connectivity index (χ0n) is 11.5. The molecule has 2 atom stereocenters. The molecule has 0 spiro atoms. The quantitative estimate of drug-likeness (QED) is 0.788. The molecule has 3 nitrogen and oxygen atoms in total. The highest BCUT2D eigenvalue weighted by Crippen LogP contribution is 2.20. The second kappa shape index (κ2) is 5.48. The minimum Gasteiger partial charge on any atom is -0.389 e. The van der Waals surface area contributed by atoms with Crippen LogP contribution in [0.2, 0.25) is 0 Å². The average molecular weight is 228 g/mol.